The molecule has 0 amide bonds. The summed E-state index contributed by atoms with van der Waals surface area (Å²) in [5.41, 5.74) is 3.15. The summed E-state index contributed by atoms with van der Waals surface area (Å²) in [5, 5.41) is 0. The molecule has 0 N–H and O–H groups in total. The fourth-order valence-electron chi connectivity index (χ4n) is 2.93. The fraction of sp³-hybridized carbons (Fsp3) is 0.600. The quantitative estimate of drug-likeness (QED) is 0.771. The molecule has 0 saturated carbocycles. The highest BCUT2D eigenvalue weighted by atomic mass is 16.5. The van der Waals surface area contributed by atoms with E-state index in [1.165, 1.54) is 0 Å². The number of ether oxygens (including phenoxy) is 1. The predicted molar refractivity (Wildman–Crippen MR) is 69.2 cm³/mol. The summed E-state index contributed by atoms with van der Waals surface area (Å²) in [6.45, 7) is 2.17. The first-order chi connectivity index (χ1) is 8.61. The van der Waals surface area contributed by atoms with E-state index in [2.05, 4.69) is 6.08 Å². The number of fused-ring (bicyclic) bond motifs is 1. The summed E-state index contributed by atoms with van der Waals surface area (Å²) in [5.74, 6) is 0.709. The van der Waals surface area contributed by atoms with Crippen LogP contribution in [0.1, 0.15) is 39.0 Å². The topological polar surface area (TPSA) is 43.4 Å². The first kappa shape index (κ1) is 13.2. The summed E-state index contributed by atoms with van der Waals surface area (Å²) in [6.07, 6.45) is 5.84. The van der Waals surface area contributed by atoms with Crippen molar-refractivity contribution in [3.63, 3.8) is 0 Å². The third-order valence-corrected chi connectivity index (χ3v) is 3.84. The van der Waals surface area contributed by atoms with Crippen LogP contribution in [0.2, 0.25) is 0 Å². The van der Waals surface area contributed by atoms with Gasteiger partial charge in [-0.15, -0.1) is 0 Å². The van der Waals surface area contributed by atoms with Gasteiger partial charge in [0.15, 0.2) is 5.78 Å². The molecule has 0 aromatic carbocycles. The minimum Gasteiger partial charge on any atom is -0.380 e. The number of Topliss-reactive ketones (excluding diaryl/α,β-unsaturated/α-hetero) is 2. The van der Waals surface area contributed by atoms with Crippen LogP contribution < -0.4 is 0 Å². The zero-order valence-electron chi connectivity index (χ0n) is 11.1. The fourth-order valence-corrected chi connectivity index (χ4v) is 2.93. The van der Waals surface area contributed by atoms with E-state index in [1.54, 1.807) is 14.0 Å². The summed E-state index contributed by atoms with van der Waals surface area (Å²) in [6, 6.07) is 0. The van der Waals surface area contributed by atoms with E-state index in [0.29, 0.717) is 25.2 Å². The average molecular weight is 248 g/mol. The molecule has 1 atom stereocenters. The van der Waals surface area contributed by atoms with Crippen molar-refractivity contribution >= 4 is 11.6 Å². The smallest absolute Gasteiger partial charge is 0.156 e. The van der Waals surface area contributed by atoms with Crippen LogP contribution >= 0.6 is 0 Å². The molecule has 18 heavy (non-hydrogen) atoms. The zero-order chi connectivity index (χ0) is 13.1. The highest BCUT2D eigenvalue weighted by molar-refractivity contribution is 5.95. The third kappa shape index (κ3) is 2.78. The van der Waals surface area contributed by atoms with Crippen LogP contribution in [0.3, 0.4) is 0 Å². The molecule has 0 unspecified atom stereocenters. The van der Waals surface area contributed by atoms with E-state index < -0.39 is 0 Å². The Morgan fingerprint density at radius 1 is 1.39 bits per heavy atom. The molecule has 3 nitrogen and oxygen atoms in total. The van der Waals surface area contributed by atoms with E-state index in [4.69, 9.17) is 4.74 Å². The number of hydrogen-bond acceptors (Lipinski definition) is 3. The van der Waals surface area contributed by atoms with Gasteiger partial charge in [0, 0.05) is 20.0 Å². The molecule has 0 aromatic heterocycles. The summed E-state index contributed by atoms with van der Waals surface area (Å²) in [7, 11) is 1.66. The standard InChI is InChI=1S/C15H20O3/c1-10(16)14-6-4-12-8-13(17)5-3-11(9-18-2)7-15(12)14/h7,12H,3-6,8-9H2,1-2H3/b11-7+/t12-/m1/s1. The van der Waals surface area contributed by atoms with Crippen LogP contribution in [-0.2, 0) is 14.3 Å². The number of methoxy groups -OCH3 is 1. The van der Waals surface area contributed by atoms with Crippen LogP contribution in [-0.4, -0.2) is 25.3 Å². The van der Waals surface area contributed by atoms with E-state index in [9.17, 15) is 9.59 Å². The van der Waals surface area contributed by atoms with Crippen molar-refractivity contribution in [1.82, 2.24) is 0 Å². The second kappa shape index (κ2) is 5.61. The summed E-state index contributed by atoms with van der Waals surface area (Å²) >= 11 is 0. The largest absolute Gasteiger partial charge is 0.380 e. The Morgan fingerprint density at radius 3 is 2.83 bits per heavy atom. The molecule has 0 bridgehead atoms. The van der Waals surface area contributed by atoms with Gasteiger partial charge in [0.1, 0.15) is 5.78 Å². The first-order valence-electron chi connectivity index (χ1n) is 6.56. The van der Waals surface area contributed by atoms with Gasteiger partial charge in [0.05, 0.1) is 6.61 Å². The van der Waals surface area contributed by atoms with Crippen molar-refractivity contribution in [1.29, 1.82) is 0 Å². The Balaban J connectivity index is 2.37. The van der Waals surface area contributed by atoms with Gasteiger partial charge in [-0.2, -0.15) is 0 Å². The molecule has 0 saturated heterocycles. The maximum absolute atomic E-state index is 11.8. The second-order valence-electron chi connectivity index (χ2n) is 5.20. The molecule has 0 radical (unpaired) electrons. The lowest BCUT2D eigenvalue weighted by Gasteiger charge is -2.17. The SMILES string of the molecule is COC/C1=C/C2=C(C(C)=O)CC[C@@H]2CC(=O)CC1. The number of carbonyl (C=O) groups is 2. The highest BCUT2D eigenvalue weighted by Gasteiger charge is 2.29. The third-order valence-electron chi connectivity index (χ3n) is 3.84. The number of rotatable bonds is 3. The van der Waals surface area contributed by atoms with Crippen LogP contribution in [0.15, 0.2) is 22.8 Å². The van der Waals surface area contributed by atoms with E-state index >= 15 is 0 Å². The van der Waals surface area contributed by atoms with Gasteiger partial charge in [-0.3, -0.25) is 9.59 Å². The molecule has 3 heteroatoms. The Kier molecular flexibility index (Phi) is 4.12. The van der Waals surface area contributed by atoms with E-state index in [-0.39, 0.29) is 11.7 Å². The molecule has 0 fully saturated rings. The normalized spacial score (nSPS) is 27.3. The van der Waals surface area contributed by atoms with Gasteiger partial charge in [-0.1, -0.05) is 6.08 Å². The van der Waals surface area contributed by atoms with Crippen molar-refractivity contribution in [2.24, 2.45) is 5.92 Å². The first-order valence-corrected chi connectivity index (χ1v) is 6.56. The van der Waals surface area contributed by atoms with E-state index in [0.717, 1.165) is 36.0 Å². The monoisotopic (exact) mass is 248 g/mol. The number of ketones is 2. The van der Waals surface area contributed by atoms with Gasteiger partial charge < -0.3 is 4.74 Å². The lowest BCUT2D eigenvalue weighted by molar-refractivity contribution is -0.119. The lowest BCUT2D eigenvalue weighted by Crippen LogP contribution is -2.13. The van der Waals surface area contributed by atoms with Gasteiger partial charge in [-0.25, -0.2) is 0 Å². The Morgan fingerprint density at radius 2 is 2.17 bits per heavy atom. The summed E-state index contributed by atoms with van der Waals surface area (Å²) in [4.78, 5) is 23.5. The molecule has 0 aliphatic heterocycles. The lowest BCUT2D eigenvalue weighted by atomic mass is 9.88. The maximum Gasteiger partial charge on any atom is 0.156 e. The van der Waals surface area contributed by atoms with Crippen LogP contribution in [0.4, 0.5) is 0 Å². The molecule has 2 aliphatic rings. The highest BCUT2D eigenvalue weighted by Crippen LogP contribution is 2.38. The molecule has 0 heterocycles. The molecular weight excluding hydrogens is 228 g/mol. The Labute approximate surface area is 108 Å². The van der Waals surface area contributed by atoms with Crippen molar-refractivity contribution in [2.45, 2.75) is 39.0 Å². The number of carbonyl (C=O) groups excluding carboxylic acids is 2. The van der Waals surface area contributed by atoms with Gasteiger partial charge in [-0.05, 0) is 48.8 Å². The molecule has 0 aromatic rings. The molecule has 2 aliphatic carbocycles. The second-order valence-corrected chi connectivity index (χ2v) is 5.20. The molecule has 0 spiro atoms. The average Bonchev–Trinajstić information content (AvgIpc) is 2.67. The van der Waals surface area contributed by atoms with E-state index in [1.807, 2.05) is 0 Å². The Hall–Kier alpha value is -1.22. The van der Waals surface area contributed by atoms with Crippen molar-refractivity contribution in [3.8, 4) is 0 Å². The molecule has 2 rings (SSSR count). The van der Waals surface area contributed by atoms with Gasteiger partial charge >= 0.3 is 0 Å². The minimum absolute atomic E-state index is 0.147. The van der Waals surface area contributed by atoms with Crippen LogP contribution in [0, 0.1) is 5.92 Å². The minimum atomic E-state index is 0.147. The van der Waals surface area contributed by atoms with Crippen LogP contribution in [0.25, 0.3) is 0 Å². The molecule has 98 valence electrons. The number of allylic oxidation sites excluding steroid dienone is 3. The maximum atomic E-state index is 11.8. The predicted octanol–water partition coefficient (Wildman–Crippen LogP) is 2.61. The van der Waals surface area contributed by atoms with Gasteiger partial charge in [0.2, 0.25) is 0 Å². The van der Waals surface area contributed by atoms with Crippen molar-refractivity contribution in [2.75, 3.05) is 13.7 Å². The van der Waals surface area contributed by atoms with Crippen LogP contribution in [0.5, 0.6) is 0 Å². The Bertz CT molecular complexity index is 429. The summed E-state index contributed by atoms with van der Waals surface area (Å²) < 4.78 is 5.17. The number of hydrogen-bond donors (Lipinski definition) is 0. The van der Waals surface area contributed by atoms with Gasteiger partial charge in [0.25, 0.3) is 0 Å². The molecular formula is C15H20O3. The van der Waals surface area contributed by atoms with Crippen molar-refractivity contribution < 1.29 is 14.3 Å². The zero-order valence-corrected chi connectivity index (χ0v) is 11.1. The van der Waals surface area contributed by atoms with Crippen molar-refractivity contribution in [3.05, 3.63) is 22.8 Å².